The maximum atomic E-state index is 12.1. The molecule has 1 amide bonds. The van der Waals surface area contributed by atoms with Crippen LogP contribution in [0.3, 0.4) is 0 Å². The average Bonchev–Trinajstić information content (AvgIpc) is 3.00. The van der Waals surface area contributed by atoms with Gasteiger partial charge in [-0.1, -0.05) is 30.3 Å². The number of benzene rings is 1. The van der Waals surface area contributed by atoms with Gasteiger partial charge in [0.2, 0.25) is 0 Å². The van der Waals surface area contributed by atoms with Crippen LogP contribution in [-0.2, 0) is 14.3 Å². The Hall–Kier alpha value is -2.08. The molecule has 0 aromatic heterocycles. The number of amides is 1. The minimum Gasteiger partial charge on any atom is -0.468 e. The van der Waals surface area contributed by atoms with Crippen LogP contribution in [0.15, 0.2) is 30.3 Å². The van der Waals surface area contributed by atoms with E-state index in [1.807, 2.05) is 51.1 Å². The summed E-state index contributed by atoms with van der Waals surface area (Å²) in [6.07, 6.45) is 0.445. The van der Waals surface area contributed by atoms with E-state index in [2.05, 4.69) is 5.32 Å². The molecule has 0 spiro atoms. The Morgan fingerprint density at radius 2 is 1.92 bits per heavy atom. The number of esters is 1. The van der Waals surface area contributed by atoms with Gasteiger partial charge in [0.15, 0.2) is 0 Å². The van der Waals surface area contributed by atoms with Crippen LogP contribution in [0.2, 0.25) is 0 Å². The Morgan fingerprint density at radius 3 is 2.50 bits per heavy atom. The van der Waals surface area contributed by atoms with E-state index >= 15 is 0 Å². The van der Waals surface area contributed by atoms with Crippen LogP contribution < -0.4 is 5.32 Å². The largest absolute Gasteiger partial charge is 0.468 e. The number of methoxy groups -OCH3 is 1. The number of ether oxygens (including phenoxy) is 2. The highest BCUT2D eigenvalue weighted by atomic mass is 16.6. The summed E-state index contributed by atoms with van der Waals surface area (Å²) in [5.74, 6) is -0.336. The molecule has 0 aliphatic carbocycles. The molecule has 0 bridgehead atoms. The summed E-state index contributed by atoms with van der Waals surface area (Å²) in [6.45, 7) is 6.66. The highest BCUT2D eigenvalue weighted by Crippen LogP contribution is 2.20. The smallest absolute Gasteiger partial charge is 0.410 e. The molecule has 1 fully saturated rings. The zero-order valence-electron chi connectivity index (χ0n) is 14.7. The summed E-state index contributed by atoms with van der Waals surface area (Å²) in [4.78, 5) is 25.9. The third-order valence-corrected chi connectivity index (χ3v) is 3.81. The molecule has 1 aliphatic heterocycles. The molecule has 6 heteroatoms. The second-order valence-electron chi connectivity index (χ2n) is 6.95. The SMILES string of the molecule is COC(=O)[C@H](NC1CCN(C(=O)OC(C)(C)C)C1)c1ccccc1. The molecule has 1 aliphatic rings. The van der Waals surface area contributed by atoms with Gasteiger partial charge in [0, 0.05) is 19.1 Å². The molecular formula is C18H26N2O4. The first-order valence-corrected chi connectivity index (χ1v) is 8.17. The van der Waals surface area contributed by atoms with Crippen LogP contribution in [0.4, 0.5) is 4.79 Å². The van der Waals surface area contributed by atoms with E-state index in [1.165, 1.54) is 7.11 Å². The first kappa shape index (κ1) is 18.3. The van der Waals surface area contributed by atoms with Crippen LogP contribution >= 0.6 is 0 Å². The summed E-state index contributed by atoms with van der Waals surface area (Å²) in [5, 5.41) is 3.31. The standard InChI is InChI=1S/C18H26N2O4/c1-18(2,3)24-17(22)20-11-10-14(12-20)19-15(16(21)23-4)13-8-6-5-7-9-13/h5-9,14-15,19H,10-12H2,1-4H3/t14?,15-/m1/s1. The number of carbonyl (C=O) groups is 2. The summed E-state index contributed by atoms with van der Waals surface area (Å²) < 4.78 is 10.3. The topological polar surface area (TPSA) is 67.9 Å². The van der Waals surface area contributed by atoms with E-state index < -0.39 is 11.6 Å². The van der Waals surface area contributed by atoms with Crippen molar-refractivity contribution in [3.05, 3.63) is 35.9 Å². The molecule has 1 unspecified atom stereocenters. The van der Waals surface area contributed by atoms with E-state index in [9.17, 15) is 9.59 Å². The Bertz CT molecular complexity index is 568. The fourth-order valence-electron chi connectivity index (χ4n) is 2.69. The van der Waals surface area contributed by atoms with Gasteiger partial charge in [-0.05, 0) is 32.8 Å². The predicted molar refractivity (Wildman–Crippen MR) is 90.5 cm³/mol. The lowest BCUT2D eigenvalue weighted by atomic mass is 10.1. The van der Waals surface area contributed by atoms with Crippen molar-refractivity contribution in [3.63, 3.8) is 0 Å². The Labute approximate surface area is 143 Å². The fourth-order valence-corrected chi connectivity index (χ4v) is 2.69. The fraction of sp³-hybridized carbons (Fsp3) is 0.556. The van der Waals surface area contributed by atoms with Crippen molar-refractivity contribution in [1.29, 1.82) is 0 Å². The lowest BCUT2D eigenvalue weighted by Crippen LogP contribution is -2.41. The predicted octanol–water partition coefficient (Wildman–Crippen LogP) is 2.50. The average molecular weight is 334 g/mol. The molecule has 2 atom stereocenters. The second-order valence-corrected chi connectivity index (χ2v) is 6.95. The van der Waals surface area contributed by atoms with Crippen LogP contribution in [0.5, 0.6) is 0 Å². The molecule has 1 heterocycles. The van der Waals surface area contributed by atoms with Gasteiger partial charge in [0.25, 0.3) is 0 Å². The number of hydrogen-bond donors (Lipinski definition) is 1. The summed E-state index contributed by atoms with van der Waals surface area (Å²) >= 11 is 0. The van der Waals surface area contributed by atoms with Crippen LogP contribution in [0.1, 0.15) is 38.8 Å². The van der Waals surface area contributed by atoms with Gasteiger partial charge in [-0.2, -0.15) is 0 Å². The summed E-state index contributed by atoms with van der Waals surface area (Å²) in [7, 11) is 1.38. The molecular weight excluding hydrogens is 308 g/mol. The van der Waals surface area contributed by atoms with Crippen LogP contribution in [0.25, 0.3) is 0 Å². The minimum absolute atomic E-state index is 0.0156. The van der Waals surface area contributed by atoms with Crippen molar-refractivity contribution < 1.29 is 19.1 Å². The first-order valence-electron chi connectivity index (χ1n) is 8.17. The van der Waals surface area contributed by atoms with Crippen molar-refractivity contribution in [1.82, 2.24) is 10.2 Å². The van der Waals surface area contributed by atoms with E-state index in [1.54, 1.807) is 4.90 Å². The summed E-state index contributed by atoms with van der Waals surface area (Å²) in [5.41, 5.74) is 0.335. The van der Waals surface area contributed by atoms with Crippen molar-refractivity contribution in [2.45, 2.75) is 44.9 Å². The van der Waals surface area contributed by atoms with Crippen LogP contribution in [0, 0.1) is 0 Å². The lowest BCUT2D eigenvalue weighted by molar-refractivity contribution is -0.143. The Morgan fingerprint density at radius 1 is 1.25 bits per heavy atom. The molecule has 6 nitrogen and oxygen atoms in total. The molecule has 1 aromatic rings. The zero-order valence-corrected chi connectivity index (χ0v) is 14.7. The van der Waals surface area contributed by atoms with Crippen molar-refractivity contribution in [2.75, 3.05) is 20.2 Å². The maximum Gasteiger partial charge on any atom is 0.410 e. The monoisotopic (exact) mass is 334 g/mol. The van der Waals surface area contributed by atoms with Crippen molar-refractivity contribution >= 4 is 12.1 Å². The maximum absolute atomic E-state index is 12.1. The molecule has 0 saturated carbocycles. The molecule has 0 radical (unpaired) electrons. The third-order valence-electron chi connectivity index (χ3n) is 3.81. The number of hydrogen-bond acceptors (Lipinski definition) is 5. The molecule has 2 rings (SSSR count). The van der Waals surface area contributed by atoms with E-state index in [0.29, 0.717) is 13.1 Å². The van der Waals surface area contributed by atoms with Gasteiger partial charge in [0.1, 0.15) is 11.6 Å². The zero-order chi connectivity index (χ0) is 17.7. The Kier molecular flexibility index (Phi) is 5.83. The molecule has 24 heavy (non-hydrogen) atoms. The van der Waals surface area contributed by atoms with Gasteiger partial charge in [-0.3, -0.25) is 5.32 Å². The van der Waals surface area contributed by atoms with E-state index in [-0.39, 0.29) is 18.1 Å². The number of nitrogens with zero attached hydrogens (tertiary/aromatic N) is 1. The van der Waals surface area contributed by atoms with Gasteiger partial charge in [-0.15, -0.1) is 0 Å². The lowest BCUT2D eigenvalue weighted by Gasteiger charge is -2.25. The molecule has 1 saturated heterocycles. The second kappa shape index (κ2) is 7.66. The first-order chi connectivity index (χ1) is 11.3. The van der Waals surface area contributed by atoms with Gasteiger partial charge < -0.3 is 14.4 Å². The van der Waals surface area contributed by atoms with Crippen molar-refractivity contribution in [2.24, 2.45) is 0 Å². The number of carbonyl (C=O) groups excluding carboxylic acids is 2. The molecule has 132 valence electrons. The number of nitrogens with one attached hydrogen (secondary N) is 1. The third kappa shape index (κ3) is 4.96. The molecule has 1 N–H and O–H groups in total. The minimum atomic E-state index is -0.542. The normalized spacial score (nSPS) is 19.0. The van der Waals surface area contributed by atoms with Gasteiger partial charge in [-0.25, -0.2) is 9.59 Å². The van der Waals surface area contributed by atoms with E-state index in [4.69, 9.17) is 9.47 Å². The highest BCUT2D eigenvalue weighted by Gasteiger charge is 2.33. The number of rotatable bonds is 4. The highest BCUT2D eigenvalue weighted by molar-refractivity contribution is 5.77. The quantitative estimate of drug-likeness (QED) is 0.857. The number of likely N-dealkylation sites (tertiary alicyclic amines) is 1. The Balaban J connectivity index is 1.99. The van der Waals surface area contributed by atoms with Crippen molar-refractivity contribution in [3.8, 4) is 0 Å². The van der Waals surface area contributed by atoms with Gasteiger partial charge in [0.05, 0.1) is 7.11 Å². The van der Waals surface area contributed by atoms with E-state index in [0.717, 1.165) is 12.0 Å². The molecule has 1 aromatic carbocycles. The van der Waals surface area contributed by atoms with Gasteiger partial charge >= 0.3 is 12.1 Å². The van der Waals surface area contributed by atoms with Crippen LogP contribution in [-0.4, -0.2) is 48.8 Å². The summed E-state index contributed by atoms with van der Waals surface area (Å²) in [6, 6.07) is 8.91.